The maximum Gasteiger partial charge on any atom is 0.0672 e. The van der Waals surface area contributed by atoms with E-state index in [4.69, 9.17) is 4.74 Å². The Kier molecular flexibility index (Phi) is 7.09. The maximum absolute atomic E-state index is 5.52. The van der Waals surface area contributed by atoms with Crippen molar-refractivity contribution in [2.24, 2.45) is 11.3 Å². The fourth-order valence-corrected chi connectivity index (χ4v) is 2.95. The smallest absolute Gasteiger partial charge is 0.0672 e. The van der Waals surface area contributed by atoms with Crippen LogP contribution in [-0.4, -0.2) is 25.8 Å². The second-order valence-corrected chi connectivity index (χ2v) is 6.85. The van der Waals surface area contributed by atoms with Crippen molar-refractivity contribution in [3.8, 4) is 0 Å². The van der Waals surface area contributed by atoms with Gasteiger partial charge in [0.2, 0.25) is 0 Å². The van der Waals surface area contributed by atoms with E-state index < -0.39 is 0 Å². The number of rotatable bonds is 8. The first kappa shape index (κ1) is 16.7. The molecule has 0 atom stereocenters. The van der Waals surface area contributed by atoms with E-state index in [1.807, 2.05) is 6.92 Å². The normalized spacial score (nSPS) is 24.4. The van der Waals surface area contributed by atoms with Gasteiger partial charge in [0.15, 0.2) is 0 Å². The second kappa shape index (κ2) is 8.06. The highest BCUT2D eigenvalue weighted by atomic mass is 16.5. The minimum atomic E-state index is 0.523. The van der Waals surface area contributed by atoms with Gasteiger partial charge in [-0.1, -0.05) is 39.3 Å². The lowest BCUT2D eigenvalue weighted by Gasteiger charge is -2.39. The Morgan fingerprint density at radius 1 is 1.26 bits per heavy atom. The van der Waals surface area contributed by atoms with Gasteiger partial charge in [0.25, 0.3) is 0 Å². The Balaban J connectivity index is 2.12. The maximum atomic E-state index is 5.52. The first-order chi connectivity index (χ1) is 8.95. The van der Waals surface area contributed by atoms with Crippen molar-refractivity contribution in [2.75, 3.05) is 19.8 Å². The Bertz CT molecular complexity index is 264. The zero-order valence-corrected chi connectivity index (χ0v) is 13.4. The monoisotopic (exact) mass is 267 g/mol. The van der Waals surface area contributed by atoms with Gasteiger partial charge in [0.05, 0.1) is 13.2 Å². The van der Waals surface area contributed by atoms with Crippen molar-refractivity contribution < 1.29 is 4.74 Å². The molecule has 1 N–H and O–H groups in total. The van der Waals surface area contributed by atoms with Crippen LogP contribution >= 0.6 is 0 Å². The summed E-state index contributed by atoms with van der Waals surface area (Å²) in [6.07, 6.45) is 6.71. The zero-order valence-electron chi connectivity index (χ0n) is 13.4. The molecule has 2 nitrogen and oxygen atoms in total. The molecule has 1 aliphatic rings. The summed E-state index contributed by atoms with van der Waals surface area (Å²) in [5.41, 5.74) is 1.62. The molecule has 19 heavy (non-hydrogen) atoms. The van der Waals surface area contributed by atoms with Crippen LogP contribution in [0.1, 0.15) is 59.8 Å². The average Bonchev–Trinajstić information content (AvgIpc) is 2.38. The topological polar surface area (TPSA) is 21.3 Å². The van der Waals surface area contributed by atoms with Gasteiger partial charge >= 0.3 is 0 Å². The Morgan fingerprint density at radius 2 is 1.89 bits per heavy atom. The van der Waals surface area contributed by atoms with Crippen LogP contribution in [0.4, 0.5) is 0 Å². The Morgan fingerprint density at radius 3 is 2.42 bits per heavy atom. The number of hydrogen-bond donors (Lipinski definition) is 1. The van der Waals surface area contributed by atoms with Gasteiger partial charge in [-0.05, 0) is 43.9 Å². The lowest BCUT2D eigenvalue weighted by molar-refractivity contribution is 0.126. The minimum Gasteiger partial charge on any atom is -0.376 e. The molecule has 0 aromatic rings. The summed E-state index contributed by atoms with van der Waals surface area (Å²) < 4.78 is 5.52. The summed E-state index contributed by atoms with van der Waals surface area (Å²) in [6, 6.07) is 0.706. The molecule has 0 radical (unpaired) electrons. The van der Waals surface area contributed by atoms with Crippen LogP contribution in [0.15, 0.2) is 12.2 Å². The molecule has 2 heteroatoms. The van der Waals surface area contributed by atoms with Gasteiger partial charge in [-0.25, -0.2) is 0 Å². The molecule has 1 rings (SSSR count). The van der Waals surface area contributed by atoms with Crippen molar-refractivity contribution in [2.45, 2.75) is 65.8 Å². The van der Waals surface area contributed by atoms with E-state index in [0.29, 0.717) is 18.1 Å². The van der Waals surface area contributed by atoms with Gasteiger partial charge in [-0.15, -0.1) is 0 Å². The van der Waals surface area contributed by atoms with Crippen LogP contribution in [-0.2, 0) is 4.74 Å². The molecule has 0 bridgehead atoms. The van der Waals surface area contributed by atoms with Crippen LogP contribution in [0.2, 0.25) is 0 Å². The summed E-state index contributed by atoms with van der Waals surface area (Å²) in [7, 11) is 0. The molecule has 1 fully saturated rings. The Hall–Kier alpha value is -0.340. The van der Waals surface area contributed by atoms with E-state index in [-0.39, 0.29) is 0 Å². The number of nitrogens with one attached hydrogen (secondary N) is 1. The summed E-state index contributed by atoms with van der Waals surface area (Å²) in [5, 5.41) is 3.63. The summed E-state index contributed by atoms with van der Waals surface area (Å²) in [5.74, 6) is 0.912. The lowest BCUT2D eigenvalue weighted by Crippen LogP contribution is -2.38. The third-order valence-electron chi connectivity index (χ3n) is 4.77. The molecule has 0 aliphatic heterocycles. The van der Waals surface area contributed by atoms with Gasteiger partial charge in [0, 0.05) is 12.6 Å². The SMILES string of the molecule is C=C(C)COCCNC1CCC(C(C)(C)CC)CC1. The molecule has 0 unspecified atom stereocenters. The van der Waals surface area contributed by atoms with E-state index in [1.54, 1.807) is 0 Å². The molecule has 1 saturated carbocycles. The lowest BCUT2D eigenvalue weighted by atomic mass is 9.69. The summed E-state index contributed by atoms with van der Waals surface area (Å²) in [4.78, 5) is 0. The van der Waals surface area contributed by atoms with Crippen LogP contribution < -0.4 is 5.32 Å². The summed E-state index contributed by atoms with van der Waals surface area (Å²) in [6.45, 7) is 15.5. The van der Waals surface area contributed by atoms with Crippen LogP contribution in [0.25, 0.3) is 0 Å². The highest BCUT2D eigenvalue weighted by molar-refractivity contribution is 4.87. The van der Waals surface area contributed by atoms with Crippen molar-refractivity contribution in [3.63, 3.8) is 0 Å². The van der Waals surface area contributed by atoms with Crippen molar-refractivity contribution >= 4 is 0 Å². The van der Waals surface area contributed by atoms with Gasteiger partial charge in [-0.3, -0.25) is 0 Å². The molecule has 0 saturated heterocycles. The molecule has 0 aromatic heterocycles. The molecule has 0 amide bonds. The van der Waals surface area contributed by atoms with Crippen molar-refractivity contribution in [3.05, 3.63) is 12.2 Å². The molecular weight excluding hydrogens is 234 g/mol. The van der Waals surface area contributed by atoms with Gasteiger partial charge < -0.3 is 10.1 Å². The molecular formula is C17H33NO. The van der Waals surface area contributed by atoms with Crippen LogP contribution in [0.5, 0.6) is 0 Å². The summed E-state index contributed by atoms with van der Waals surface area (Å²) >= 11 is 0. The van der Waals surface area contributed by atoms with E-state index in [2.05, 4.69) is 32.7 Å². The molecule has 0 heterocycles. The van der Waals surface area contributed by atoms with E-state index in [9.17, 15) is 0 Å². The first-order valence-corrected chi connectivity index (χ1v) is 7.91. The molecule has 0 aromatic carbocycles. The van der Waals surface area contributed by atoms with Crippen molar-refractivity contribution in [1.29, 1.82) is 0 Å². The predicted octanol–water partition coefficient (Wildman–Crippen LogP) is 4.16. The molecule has 112 valence electrons. The fourth-order valence-electron chi connectivity index (χ4n) is 2.95. The third-order valence-corrected chi connectivity index (χ3v) is 4.77. The van der Waals surface area contributed by atoms with Crippen LogP contribution in [0.3, 0.4) is 0 Å². The number of hydrogen-bond acceptors (Lipinski definition) is 2. The fraction of sp³-hybridized carbons (Fsp3) is 0.882. The molecule has 1 aliphatic carbocycles. The minimum absolute atomic E-state index is 0.523. The highest BCUT2D eigenvalue weighted by Crippen LogP contribution is 2.40. The largest absolute Gasteiger partial charge is 0.376 e. The zero-order chi connectivity index (χ0) is 14.3. The molecule has 0 spiro atoms. The number of ether oxygens (including phenoxy) is 1. The first-order valence-electron chi connectivity index (χ1n) is 7.91. The standard InChI is InChI=1S/C17H33NO/c1-6-17(4,5)15-7-9-16(10-8-15)18-11-12-19-13-14(2)3/h15-16,18H,2,6-13H2,1,3-5H3. The second-order valence-electron chi connectivity index (χ2n) is 6.85. The van der Waals surface area contributed by atoms with Crippen molar-refractivity contribution in [1.82, 2.24) is 5.32 Å². The average molecular weight is 267 g/mol. The highest BCUT2D eigenvalue weighted by Gasteiger charge is 2.31. The van der Waals surface area contributed by atoms with E-state index in [0.717, 1.165) is 24.6 Å². The predicted molar refractivity (Wildman–Crippen MR) is 83.5 cm³/mol. The van der Waals surface area contributed by atoms with Gasteiger partial charge in [0.1, 0.15) is 0 Å². The van der Waals surface area contributed by atoms with E-state index >= 15 is 0 Å². The Labute approximate surface area is 120 Å². The van der Waals surface area contributed by atoms with Gasteiger partial charge in [-0.2, -0.15) is 0 Å². The van der Waals surface area contributed by atoms with Crippen LogP contribution in [0, 0.1) is 11.3 Å². The quantitative estimate of drug-likeness (QED) is 0.526. The van der Waals surface area contributed by atoms with E-state index in [1.165, 1.54) is 32.1 Å². The third kappa shape index (κ3) is 6.09.